The van der Waals surface area contributed by atoms with Gasteiger partial charge in [-0.25, -0.2) is 9.69 Å². The van der Waals surface area contributed by atoms with Gasteiger partial charge in [-0.2, -0.15) is 0 Å². The summed E-state index contributed by atoms with van der Waals surface area (Å²) in [6, 6.07) is 8.08. The molecule has 0 aliphatic carbocycles. The first-order chi connectivity index (χ1) is 12.3. The number of hydrogen-bond donors (Lipinski definition) is 2. The summed E-state index contributed by atoms with van der Waals surface area (Å²) in [6.07, 6.45) is 1.18. The summed E-state index contributed by atoms with van der Waals surface area (Å²) >= 11 is 12.0. The predicted molar refractivity (Wildman–Crippen MR) is 98.3 cm³/mol. The second kappa shape index (κ2) is 6.82. The average molecular weight is 391 g/mol. The van der Waals surface area contributed by atoms with Gasteiger partial charge in [-0.1, -0.05) is 29.3 Å². The molecule has 3 rings (SSSR count). The molecule has 0 spiro atoms. The largest absolute Gasteiger partial charge is 0.507 e. The molecule has 1 heterocycles. The van der Waals surface area contributed by atoms with E-state index in [-0.39, 0.29) is 22.6 Å². The van der Waals surface area contributed by atoms with E-state index in [1.807, 2.05) is 0 Å². The van der Waals surface area contributed by atoms with Crippen molar-refractivity contribution in [3.8, 4) is 5.75 Å². The van der Waals surface area contributed by atoms with Crippen LogP contribution in [-0.4, -0.2) is 23.0 Å². The molecule has 1 fully saturated rings. The molecular formula is C18H12Cl2N2O4. The smallest absolute Gasteiger partial charge is 0.335 e. The summed E-state index contributed by atoms with van der Waals surface area (Å²) in [5.41, 5.74) is 0.625. The van der Waals surface area contributed by atoms with E-state index < -0.39 is 17.8 Å². The Hall–Kier alpha value is -2.83. The second-order valence-electron chi connectivity index (χ2n) is 5.54. The number of urea groups is 1. The van der Waals surface area contributed by atoms with Crippen molar-refractivity contribution < 1.29 is 19.5 Å². The van der Waals surface area contributed by atoms with Crippen molar-refractivity contribution in [2.24, 2.45) is 0 Å². The molecule has 2 aromatic carbocycles. The van der Waals surface area contributed by atoms with Crippen LogP contribution < -0.4 is 10.2 Å². The summed E-state index contributed by atoms with van der Waals surface area (Å²) in [6.45, 7) is 1.65. The Morgan fingerprint density at radius 2 is 1.85 bits per heavy atom. The van der Waals surface area contributed by atoms with Crippen LogP contribution in [0.2, 0.25) is 10.0 Å². The van der Waals surface area contributed by atoms with Crippen LogP contribution in [0.3, 0.4) is 0 Å². The van der Waals surface area contributed by atoms with E-state index in [0.29, 0.717) is 15.6 Å². The van der Waals surface area contributed by atoms with Crippen LogP contribution >= 0.6 is 23.2 Å². The fourth-order valence-electron chi connectivity index (χ4n) is 2.51. The van der Waals surface area contributed by atoms with Gasteiger partial charge in [0.25, 0.3) is 11.8 Å². The summed E-state index contributed by atoms with van der Waals surface area (Å²) < 4.78 is 0. The van der Waals surface area contributed by atoms with Crippen molar-refractivity contribution >= 4 is 52.8 Å². The predicted octanol–water partition coefficient (Wildman–Crippen LogP) is 3.67. The lowest BCUT2D eigenvalue weighted by atomic mass is 10.1. The van der Waals surface area contributed by atoms with Crippen molar-refractivity contribution in [2.75, 3.05) is 4.90 Å². The van der Waals surface area contributed by atoms with Crippen molar-refractivity contribution in [1.29, 1.82) is 0 Å². The number of carbonyl (C=O) groups excluding carboxylic acids is 3. The third-order valence-electron chi connectivity index (χ3n) is 3.87. The molecule has 0 aromatic heterocycles. The number of halogens is 2. The third kappa shape index (κ3) is 3.16. The van der Waals surface area contributed by atoms with Crippen molar-refractivity contribution in [3.05, 3.63) is 63.1 Å². The Balaban J connectivity index is 2.10. The molecule has 1 aliphatic heterocycles. The number of phenols is 1. The normalized spacial score (nSPS) is 16.2. The maximum atomic E-state index is 12.8. The molecule has 0 bridgehead atoms. The highest BCUT2D eigenvalue weighted by Gasteiger charge is 2.37. The van der Waals surface area contributed by atoms with E-state index in [9.17, 15) is 19.5 Å². The molecule has 4 amide bonds. The van der Waals surface area contributed by atoms with E-state index in [1.54, 1.807) is 25.1 Å². The van der Waals surface area contributed by atoms with Crippen LogP contribution in [0.1, 0.15) is 11.1 Å². The molecule has 26 heavy (non-hydrogen) atoms. The van der Waals surface area contributed by atoms with Gasteiger partial charge in [0.1, 0.15) is 11.3 Å². The minimum absolute atomic E-state index is 0.162. The zero-order chi connectivity index (χ0) is 19.0. The fraction of sp³-hybridized carbons (Fsp3) is 0.0556. The van der Waals surface area contributed by atoms with Crippen molar-refractivity contribution in [1.82, 2.24) is 5.32 Å². The minimum atomic E-state index is -0.877. The van der Waals surface area contributed by atoms with Crippen LogP contribution in [0.4, 0.5) is 10.5 Å². The van der Waals surface area contributed by atoms with Gasteiger partial charge in [-0.3, -0.25) is 14.9 Å². The molecular weight excluding hydrogens is 379 g/mol. The zero-order valence-electron chi connectivity index (χ0n) is 13.4. The van der Waals surface area contributed by atoms with Crippen molar-refractivity contribution in [3.63, 3.8) is 0 Å². The summed E-state index contributed by atoms with van der Waals surface area (Å²) in [5.74, 6) is -1.86. The van der Waals surface area contributed by atoms with Gasteiger partial charge < -0.3 is 5.11 Å². The molecule has 2 aromatic rings. The number of phenolic OH excluding ortho intramolecular Hbond substituents is 1. The first kappa shape index (κ1) is 18.0. The minimum Gasteiger partial charge on any atom is -0.507 e. The van der Waals surface area contributed by atoms with E-state index in [1.165, 1.54) is 24.3 Å². The standard InChI is InChI=1S/C18H12Cl2N2O4/c1-9-13(20)3-2-4-14(9)22-17(25)12(16(24)21-18(22)26)8-10-7-11(19)5-6-15(10)23/h2-8,23H,1H3,(H,21,24,26)/b12-8+. The Kier molecular flexibility index (Phi) is 4.71. The van der Waals surface area contributed by atoms with Gasteiger partial charge >= 0.3 is 6.03 Å². The molecule has 0 unspecified atom stereocenters. The van der Waals surface area contributed by atoms with Gasteiger partial charge in [0, 0.05) is 15.6 Å². The molecule has 2 N–H and O–H groups in total. The number of rotatable bonds is 2. The number of nitrogens with zero attached hydrogens (tertiary/aromatic N) is 1. The SMILES string of the molecule is Cc1c(Cl)cccc1N1C(=O)NC(=O)/C(=C\c2cc(Cl)ccc2O)C1=O. The summed E-state index contributed by atoms with van der Waals surface area (Å²) in [5, 5.41) is 12.7. The van der Waals surface area contributed by atoms with E-state index in [2.05, 4.69) is 5.32 Å². The van der Waals surface area contributed by atoms with Crippen LogP contribution in [0.15, 0.2) is 42.0 Å². The molecule has 8 heteroatoms. The highest BCUT2D eigenvalue weighted by molar-refractivity contribution is 6.40. The van der Waals surface area contributed by atoms with Gasteiger partial charge in [0.05, 0.1) is 5.69 Å². The number of imide groups is 2. The van der Waals surface area contributed by atoms with Crippen LogP contribution in [0.25, 0.3) is 6.08 Å². The molecule has 1 aliphatic rings. The quantitative estimate of drug-likeness (QED) is 0.604. The highest BCUT2D eigenvalue weighted by atomic mass is 35.5. The third-order valence-corrected chi connectivity index (χ3v) is 4.52. The van der Waals surface area contributed by atoms with Crippen molar-refractivity contribution in [2.45, 2.75) is 6.92 Å². The second-order valence-corrected chi connectivity index (χ2v) is 6.39. The van der Waals surface area contributed by atoms with Crippen LogP contribution in [0.5, 0.6) is 5.75 Å². The lowest BCUT2D eigenvalue weighted by molar-refractivity contribution is -0.122. The fourth-order valence-corrected chi connectivity index (χ4v) is 2.86. The summed E-state index contributed by atoms with van der Waals surface area (Å²) in [4.78, 5) is 38.0. The van der Waals surface area contributed by atoms with E-state index in [0.717, 1.165) is 4.90 Å². The molecule has 0 atom stereocenters. The summed E-state index contributed by atoms with van der Waals surface area (Å²) in [7, 11) is 0. The topological polar surface area (TPSA) is 86.7 Å². The molecule has 1 saturated heterocycles. The van der Waals surface area contributed by atoms with Crippen LogP contribution in [0, 0.1) is 6.92 Å². The Morgan fingerprint density at radius 3 is 2.58 bits per heavy atom. The molecule has 0 radical (unpaired) electrons. The number of anilines is 1. The lowest BCUT2D eigenvalue weighted by Gasteiger charge is -2.27. The number of hydrogen-bond acceptors (Lipinski definition) is 4. The number of nitrogens with one attached hydrogen (secondary N) is 1. The number of carbonyl (C=O) groups is 3. The number of barbiturate groups is 1. The van der Waals surface area contributed by atoms with Crippen LogP contribution in [-0.2, 0) is 9.59 Å². The Morgan fingerprint density at radius 1 is 1.12 bits per heavy atom. The first-order valence-corrected chi connectivity index (χ1v) is 8.20. The first-order valence-electron chi connectivity index (χ1n) is 7.44. The maximum absolute atomic E-state index is 12.8. The average Bonchev–Trinajstić information content (AvgIpc) is 2.58. The number of amides is 4. The molecule has 0 saturated carbocycles. The number of aromatic hydroxyl groups is 1. The van der Waals surface area contributed by atoms with Gasteiger partial charge in [-0.05, 0) is 48.9 Å². The monoisotopic (exact) mass is 390 g/mol. The van der Waals surface area contributed by atoms with E-state index >= 15 is 0 Å². The lowest BCUT2D eigenvalue weighted by Crippen LogP contribution is -2.54. The number of benzene rings is 2. The van der Waals surface area contributed by atoms with Gasteiger partial charge in [0.15, 0.2) is 0 Å². The zero-order valence-corrected chi connectivity index (χ0v) is 14.9. The Bertz CT molecular complexity index is 985. The van der Waals surface area contributed by atoms with E-state index in [4.69, 9.17) is 23.2 Å². The maximum Gasteiger partial charge on any atom is 0.335 e. The molecule has 6 nitrogen and oxygen atoms in total. The Labute approximate surface area is 158 Å². The van der Waals surface area contributed by atoms with Gasteiger partial charge in [0.2, 0.25) is 0 Å². The van der Waals surface area contributed by atoms with Gasteiger partial charge in [-0.15, -0.1) is 0 Å². The highest BCUT2D eigenvalue weighted by Crippen LogP contribution is 2.30. The molecule has 132 valence electrons.